The number of ketones is 2. The summed E-state index contributed by atoms with van der Waals surface area (Å²) in [5, 5.41) is 0. The van der Waals surface area contributed by atoms with Crippen molar-refractivity contribution in [2.24, 2.45) is 22.7 Å². The molecule has 0 N–H and O–H groups in total. The summed E-state index contributed by atoms with van der Waals surface area (Å²) in [6.45, 7) is 9.83. The second kappa shape index (κ2) is 19.7. The quantitative estimate of drug-likeness (QED) is 0.102. The van der Waals surface area contributed by atoms with E-state index in [1.54, 1.807) is 12.3 Å². The SMILES string of the molecule is C=N/C=C(C)/C=C/C(=O)C1CCCC(C(CCC)CCCC(=O)CCc2ccc(CC)cc2)CC1.CF. The van der Waals surface area contributed by atoms with Crippen LogP contribution >= 0.6 is 0 Å². The van der Waals surface area contributed by atoms with Crippen molar-refractivity contribution in [3.8, 4) is 0 Å². The van der Waals surface area contributed by atoms with Crippen molar-refractivity contribution in [1.29, 1.82) is 0 Å². The summed E-state index contributed by atoms with van der Waals surface area (Å²) in [6.07, 6.45) is 18.6. The number of halogens is 1. The molecular weight excluding hydrogens is 461 g/mol. The zero-order valence-electron chi connectivity index (χ0n) is 23.8. The molecule has 0 saturated heterocycles. The number of hydrogen-bond acceptors (Lipinski definition) is 3. The largest absolute Gasteiger partial charge is 0.300 e. The summed E-state index contributed by atoms with van der Waals surface area (Å²) < 4.78 is 9.50. The molecule has 206 valence electrons. The molecule has 3 atom stereocenters. The smallest absolute Gasteiger partial charge is 0.158 e. The lowest BCUT2D eigenvalue weighted by molar-refractivity contribution is -0.119. The Hall–Kier alpha value is -2.36. The van der Waals surface area contributed by atoms with Crippen LogP contribution in [-0.2, 0) is 22.4 Å². The van der Waals surface area contributed by atoms with Crippen LogP contribution in [-0.4, -0.2) is 25.5 Å². The summed E-state index contributed by atoms with van der Waals surface area (Å²) >= 11 is 0. The lowest BCUT2D eigenvalue weighted by atomic mass is 9.80. The van der Waals surface area contributed by atoms with E-state index < -0.39 is 0 Å². The van der Waals surface area contributed by atoms with Crippen molar-refractivity contribution in [1.82, 2.24) is 0 Å². The normalized spacial score (nSPS) is 19.0. The number of aliphatic imine (C=N–C) groups is 1. The maximum absolute atomic E-state index is 12.7. The Morgan fingerprint density at radius 3 is 2.35 bits per heavy atom. The summed E-state index contributed by atoms with van der Waals surface area (Å²) in [5.41, 5.74) is 3.56. The standard InChI is InChI=1S/C32H47NO2.CH3F/c1-5-9-28(11-8-13-31(34)22-19-27-17-15-26(6-2)16-18-27)29-10-7-12-30(21-20-29)32(35)23-14-25(3)24-33-4;1-2/h14-18,23-24,28-30H,4-13,19-22H2,1-3H3;1H3/b23-14+,25-24+;. The Kier molecular flexibility index (Phi) is 17.4. The molecule has 0 amide bonds. The van der Waals surface area contributed by atoms with E-state index in [1.165, 1.54) is 30.4 Å². The average Bonchev–Trinajstić information content (AvgIpc) is 3.18. The molecule has 37 heavy (non-hydrogen) atoms. The van der Waals surface area contributed by atoms with Gasteiger partial charge in [-0.2, -0.15) is 0 Å². The minimum atomic E-state index is 0.149. The van der Waals surface area contributed by atoms with Gasteiger partial charge in [-0.25, -0.2) is 0 Å². The zero-order valence-corrected chi connectivity index (χ0v) is 23.8. The van der Waals surface area contributed by atoms with Crippen LogP contribution in [0.3, 0.4) is 0 Å². The number of benzene rings is 1. The lowest BCUT2D eigenvalue weighted by Gasteiger charge is -2.26. The van der Waals surface area contributed by atoms with Crippen LogP contribution in [0.4, 0.5) is 4.39 Å². The van der Waals surface area contributed by atoms with E-state index in [-0.39, 0.29) is 11.7 Å². The summed E-state index contributed by atoms with van der Waals surface area (Å²) in [6, 6.07) is 8.68. The molecule has 2 rings (SSSR count). The average molecular weight is 512 g/mol. The predicted octanol–water partition coefficient (Wildman–Crippen LogP) is 8.85. The van der Waals surface area contributed by atoms with Gasteiger partial charge in [0, 0.05) is 25.0 Å². The number of rotatable bonds is 15. The first-order chi connectivity index (χ1) is 18.0. The summed E-state index contributed by atoms with van der Waals surface area (Å²) in [5.74, 6) is 2.17. The molecule has 0 bridgehead atoms. The highest BCUT2D eigenvalue weighted by Gasteiger charge is 2.27. The number of nitrogens with zero attached hydrogens (tertiary/aromatic N) is 1. The number of hydrogen-bond donors (Lipinski definition) is 0. The zero-order chi connectivity index (χ0) is 27.5. The topological polar surface area (TPSA) is 46.5 Å². The number of carbonyl (C=O) groups is 2. The minimum Gasteiger partial charge on any atom is -0.300 e. The first kappa shape index (κ1) is 32.7. The molecule has 0 spiro atoms. The van der Waals surface area contributed by atoms with Gasteiger partial charge in [0.15, 0.2) is 5.78 Å². The van der Waals surface area contributed by atoms with Crippen LogP contribution in [0.2, 0.25) is 0 Å². The Morgan fingerprint density at radius 2 is 1.70 bits per heavy atom. The molecular formula is C33H50FNO2. The predicted molar refractivity (Wildman–Crippen MR) is 156 cm³/mol. The van der Waals surface area contributed by atoms with Crippen molar-refractivity contribution in [2.45, 2.75) is 104 Å². The van der Waals surface area contributed by atoms with E-state index in [1.807, 2.05) is 13.0 Å². The van der Waals surface area contributed by atoms with Gasteiger partial charge >= 0.3 is 0 Å². The van der Waals surface area contributed by atoms with Gasteiger partial charge in [0.1, 0.15) is 5.78 Å². The molecule has 4 heteroatoms. The Bertz CT molecular complexity index is 856. The fraction of sp³-hybridized carbons (Fsp3) is 0.606. The van der Waals surface area contributed by atoms with Gasteiger partial charge in [-0.3, -0.25) is 19.0 Å². The molecule has 1 aromatic rings. The van der Waals surface area contributed by atoms with Crippen molar-refractivity contribution >= 4 is 18.3 Å². The Morgan fingerprint density at radius 1 is 1.00 bits per heavy atom. The van der Waals surface area contributed by atoms with E-state index in [2.05, 4.69) is 49.8 Å². The number of aryl methyl sites for hydroxylation is 2. The number of allylic oxidation sites excluding steroid dienone is 3. The monoisotopic (exact) mass is 511 g/mol. The van der Waals surface area contributed by atoms with Crippen LogP contribution < -0.4 is 0 Å². The van der Waals surface area contributed by atoms with Crippen molar-refractivity contribution in [3.63, 3.8) is 0 Å². The van der Waals surface area contributed by atoms with Crippen LogP contribution in [0, 0.1) is 17.8 Å². The van der Waals surface area contributed by atoms with Crippen LogP contribution in [0.15, 0.2) is 53.2 Å². The van der Waals surface area contributed by atoms with Crippen molar-refractivity contribution in [2.75, 3.05) is 7.18 Å². The van der Waals surface area contributed by atoms with Gasteiger partial charge in [-0.1, -0.05) is 69.9 Å². The van der Waals surface area contributed by atoms with Gasteiger partial charge in [0.2, 0.25) is 0 Å². The third kappa shape index (κ3) is 13.1. The third-order valence-electron chi connectivity index (χ3n) is 7.70. The number of carbonyl (C=O) groups excluding carboxylic acids is 2. The Labute approximate surface area is 225 Å². The second-order valence-electron chi connectivity index (χ2n) is 10.4. The fourth-order valence-electron chi connectivity index (χ4n) is 5.52. The van der Waals surface area contributed by atoms with E-state index in [0.29, 0.717) is 37.6 Å². The van der Waals surface area contributed by atoms with Crippen LogP contribution in [0.1, 0.15) is 103 Å². The highest BCUT2D eigenvalue weighted by molar-refractivity contribution is 5.92. The van der Waals surface area contributed by atoms with Gasteiger partial charge in [0.05, 0.1) is 7.18 Å². The molecule has 1 saturated carbocycles. The van der Waals surface area contributed by atoms with Gasteiger partial charge in [-0.15, -0.1) is 0 Å². The highest BCUT2D eigenvalue weighted by atomic mass is 19.1. The molecule has 1 fully saturated rings. The van der Waals surface area contributed by atoms with Crippen molar-refractivity contribution < 1.29 is 14.0 Å². The first-order valence-corrected chi connectivity index (χ1v) is 14.3. The van der Waals surface area contributed by atoms with Crippen molar-refractivity contribution in [3.05, 3.63) is 59.3 Å². The third-order valence-corrected chi connectivity index (χ3v) is 7.70. The summed E-state index contributed by atoms with van der Waals surface area (Å²) in [4.78, 5) is 29.0. The first-order valence-electron chi connectivity index (χ1n) is 14.3. The molecule has 3 unspecified atom stereocenters. The molecule has 0 aromatic heterocycles. The number of Topliss-reactive ketones (excluding diaryl/α,β-unsaturated/α-hetero) is 1. The molecule has 1 aromatic carbocycles. The minimum absolute atomic E-state index is 0.149. The molecule has 1 aliphatic carbocycles. The van der Waals surface area contributed by atoms with E-state index in [4.69, 9.17) is 0 Å². The number of alkyl halides is 1. The van der Waals surface area contributed by atoms with Gasteiger partial charge in [-0.05, 0) is 93.2 Å². The molecule has 0 heterocycles. The van der Waals surface area contributed by atoms with Crippen LogP contribution in [0.25, 0.3) is 0 Å². The fourth-order valence-corrected chi connectivity index (χ4v) is 5.52. The molecule has 3 nitrogen and oxygen atoms in total. The van der Waals surface area contributed by atoms with E-state index in [9.17, 15) is 14.0 Å². The van der Waals surface area contributed by atoms with Crippen LogP contribution in [0.5, 0.6) is 0 Å². The maximum atomic E-state index is 12.7. The lowest BCUT2D eigenvalue weighted by Crippen LogP contribution is -2.16. The molecule has 0 radical (unpaired) electrons. The maximum Gasteiger partial charge on any atom is 0.158 e. The second-order valence-corrected chi connectivity index (χ2v) is 10.4. The van der Waals surface area contributed by atoms with E-state index >= 15 is 0 Å². The Balaban J connectivity index is 0.00000334. The van der Waals surface area contributed by atoms with Gasteiger partial charge in [0.25, 0.3) is 0 Å². The van der Waals surface area contributed by atoms with Gasteiger partial charge < -0.3 is 0 Å². The summed E-state index contributed by atoms with van der Waals surface area (Å²) in [7, 11) is 0.500. The molecule has 1 aliphatic rings. The molecule has 0 aliphatic heterocycles. The highest BCUT2D eigenvalue weighted by Crippen LogP contribution is 2.36. The van der Waals surface area contributed by atoms with E-state index in [0.717, 1.165) is 56.9 Å².